The molecule has 0 unspecified atom stereocenters. The Kier molecular flexibility index (Phi) is 3.12. The van der Waals surface area contributed by atoms with E-state index in [4.69, 9.17) is 9.84 Å². The quantitative estimate of drug-likeness (QED) is 0.904. The van der Waals surface area contributed by atoms with E-state index in [1.165, 1.54) is 0 Å². The fourth-order valence-electron chi connectivity index (χ4n) is 3.00. The standard InChI is InChI=1S/C14H15F2NO3/c15-10-6-11(16)12(5-9(10)13(18)19)17-7-14(8-17)1-3-20-4-2-14/h5-6H,1-4,7-8H2,(H,18,19). The summed E-state index contributed by atoms with van der Waals surface area (Å²) in [6, 6.07) is 1.73. The topological polar surface area (TPSA) is 49.8 Å². The van der Waals surface area contributed by atoms with Crippen molar-refractivity contribution in [1.29, 1.82) is 0 Å². The summed E-state index contributed by atoms with van der Waals surface area (Å²) in [6.45, 7) is 2.75. The Balaban J connectivity index is 1.82. The zero-order chi connectivity index (χ0) is 14.3. The summed E-state index contributed by atoms with van der Waals surface area (Å²) < 4.78 is 32.5. The van der Waals surface area contributed by atoms with E-state index in [1.807, 2.05) is 0 Å². The summed E-state index contributed by atoms with van der Waals surface area (Å²) in [7, 11) is 0. The maximum atomic E-state index is 13.8. The molecule has 1 aromatic rings. The molecule has 0 radical (unpaired) electrons. The summed E-state index contributed by atoms with van der Waals surface area (Å²) >= 11 is 0. The SMILES string of the molecule is O=C(O)c1cc(N2CC3(CCOCC3)C2)c(F)cc1F. The van der Waals surface area contributed by atoms with Crippen LogP contribution in [0.4, 0.5) is 14.5 Å². The highest BCUT2D eigenvalue weighted by atomic mass is 19.1. The molecule has 1 N–H and O–H groups in total. The van der Waals surface area contributed by atoms with Gasteiger partial charge in [0.2, 0.25) is 0 Å². The molecular formula is C14H15F2NO3. The van der Waals surface area contributed by atoms with Crippen LogP contribution < -0.4 is 4.90 Å². The van der Waals surface area contributed by atoms with Crippen LogP contribution in [0.2, 0.25) is 0 Å². The van der Waals surface area contributed by atoms with Crippen LogP contribution in [0.5, 0.6) is 0 Å². The molecule has 108 valence electrons. The third kappa shape index (κ3) is 2.14. The number of aromatic carboxylic acids is 1. The van der Waals surface area contributed by atoms with Crippen molar-refractivity contribution in [3.05, 3.63) is 29.3 Å². The second kappa shape index (κ2) is 4.70. The van der Waals surface area contributed by atoms with Gasteiger partial charge in [0.15, 0.2) is 0 Å². The van der Waals surface area contributed by atoms with Crippen LogP contribution in [0.15, 0.2) is 12.1 Å². The van der Waals surface area contributed by atoms with Gasteiger partial charge < -0.3 is 14.7 Å². The van der Waals surface area contributed by atoms with Crippen molar-refractivity contribution in [3.63, 3.8) is 0 Å². The van der Waals surface area contributed by atoms with Gasteiger partial charge in [0.05, 0.1) is 11.3 Å². The third-order valence-corrected chi connectivity index (χ3v) is 4.21. The van der Waals surface area contributed by atoms with Crippen molar-refractivity contribution >= 4 is 11.7 Å². The van der Waals surface area contributed by atoms with Gasteiger partial charge in [-0.15, -0.1) is 0 Å². The number of carbonyl (C=O) groups is 1. The van der Waals surface area contributed by atoms with E-state index in [9.17, 15) is 13.6 Å². The highest BCUT2D eigenvalue weighted by Gasteiger charge is 2.44. The largest absolute Gasteiger partial charge is 0.478 e. The van der Waals surface area contributed by atoms with Gasteiger partial charge in [-0.25, -0.2) is 13.6 Å². The summed E-state index contributed by atoms with van der Waals surface area (Å²) in [5.41, 5.74) is -0.183. The van der Waals surface area contributed by atoms with E-state index in [2.05, 4.69) is 0 Å². The van der Waals surface area contributed by atoms with Crippen molar-refractivity contribution in [3.8, 4) is 0 Å². The predicted octanol–water partition coefficient (Wildman–Crippen LogP) is 2.28. The van der Waals surface area contributed by atoms with Gasteiger partial charge in [-0.1, -0.05) is 0 Å². The number of carboxylic acids is 1. The molecule has 1 spiro atoms. The molecular weight excluding hydrogens is 268 g/mol. The normalized spacial score (nSPS) is 20.8. The zero-order valence-corrected chi connectivity index (χ0v) is 10.9. The molecule has 0 atom stereocenters. The summed E-state index contributed by atoms with van der Waals surface area (Å²) in [5.74, 6) is -3.14. The van der Waals surface area contributed by atoms with Crippen LogP contribution in [-0.4, -0.2) is 37.4 Å². The molecule has 6 heteroatoms. The fourth-order valence-corrected chi connectivity index (χ4v) is 3.00. The van der Waals surface area contributed by atoms with Crippen molar-refractivity contribution in [2.24, 2.45) is 5.41 Å². The van der Waals surface area contributed by atoms with Crippen LogP contribution in [0.1, 0.15) is 23.2 Å². The van der Waals surface area contributed by atoms with Crippen molar-refractivity contribution < 1.29 is 23.4 Å². The minimum atomic E-state index is -1.38. The number of carboxylic acid groups (broad SMARTS) is 1. The van der Waals surface area contributed by atoms with Gasteiger partial charge in [0.25, 0.3) is 0 Å². The number of hydrogen-bond acceptors (Lipinski definition) is 3. The number of anilines is 1. The van der Waals surface area contributed by atoms with Gasteiger partial charge >= 0.3 is 5.97 Å². The van der Waals surface area contributed by atoms with E-state index in [0.717, 1.165) is 18.9 Å². The number of rotatable bonds is 2. The number of hydrogen-bond donors (Lipinski definition) is 1. The van der Waals surface area contributed by atoms with Crippen molar-refractivity contribution in [1.82, 2.24) is 0 Å². The van der Waals surface area contributed by atoms with Crippen molar-refractivity contribution in [2.45, 2.75) is 12.8 Å². The second-order valence-electron chi connectivity index (χ2n) is 5.56. The van der Waals surface area contributed by atoms with E-state index < -0.39 is 23.2 Å². The summed E-state index contributed by atoms with van der Waals surface area (Å²) in [4.78, 5) is 12.7. The lowest BCUT2D eigenvalue weighted by Gasteiger charge is -2.53. The molecule has 2 fully saturated rings. The Morgan fingerprint density at radius 2 is 1.85 bits per heavy atom. The van der Waals surface area contributed by atoms with Gasteiger partial charge in [-0.2, -0.15) is 0 Å². The van der Waals surface area contributed by atoms with E-state index >= 15 is 0 Å². The molecule has 3 rings (SSSR count). The number of ether oxygens (including phenoxy) is 1. The first kappa shape index (κ1) is 13.3. The first-order valence-corrected chi connectivity index (χ1v) is 6.56. The van der Waals surface area contributed by atoms with Crippen LogP contribution in [0, 0.1) is 17.0 Å². The van der Waals surface area contributed by atoms with E-state index in [0.29, 0.717) is 32.4 Å². The van der Waals surface area contributed by atoms with Crippen LogP contribution in [0.3, 0.4) is 0 Å². The van der Waals surface area contributed by atoms with Gasteiger partial charge in [-0.3, -0.25) is 0 Å². The Bertz CT molecular complexity index is 548. The molecule has 2 saturated heterocycles. The first-order chi connectivity index (χ1) is 9.51. The number of halogens is 2. The molecule has 2 aliphatic rings. The summed E-state index contributed by atoms with van der Waals surface area (Å²) in [5, 5.41) is 8.90. The Labute approximate surface area is 114 Å². The minimum absolute atomic E-state index is 0.141. The van der Waals surface area contributed by atoms with Crippen LogP contribution >= 0.6 is 0 Å². The second-order valence-corrected chi connectivity index (χ2v) is 5.56. The van der Waals surface area contributed by atoms with Gasteiger partial charge in [0, 0.05) is 37.8 Å². The molecule has 0 aromatic heterocycles. The molecule has 0 aliphatic carbocycles. The van der Waals surface area contributed by atoms with Crippen molar-refractivity contribution in [2.75, 3.05) is 31.2 Å². The van der Waals surface area contributed by atoms with E-state index in [1.54, 1.807) is 4.90 Å². The molecule has 4 nitrogen and oxygen atoms in total. The monoisotopic (exact) mass is 283 g/mol. The van der Waals surface area contributed by atoms with Gasteiger partial charge in [-0.05, 0) is 18.9 Å². The molecule has 2 heterocycles. The highest BCUT2D eigenvalue weighted by Crippen LogP contribution is 2.43. The molecule has 20 heavy (non-hydrogen) atoms. The molecule has 0 bridgehead atoms. The lowest BCUT2D eigenvalue weighted by molar-refractivity contribution is -0.000393. The maximum Gasteiger partial charge on any atom is 0.338 e. The predicted molar refractivity (Wildman–Crippen MR) is 68.0 cm³/mol. The Hall–Kier alpha value is -1.69. The molecule has 0 saturated carbocycles. The average molecular weight is 283 g/mol. The maximum absolute atomic E-state index is 13.8. The first-order valence-electron chi connectivity index (χ1n) is 6.56. The number of nitrogens with zero attached hydrogens (tertiary/aromatic N) is 1. The zero-order valence-electron chi connectivity index (χ0n) is 10.9. The minimum Gasteiger partial charge on any atom is -0.478 e. The van der Waals surface area contributed by atoms with Crippen LogP contribution in [-0.2, 0) is 4.74 Å². The Morgan fingerprint density at radius 3 is 2.45 bits per heavy atom. The average Bonchev–Trinajstić information content (AvgIpc) is 2.37. The summed E-state index contributed by atoms with van der Waals surface area (Å²) in [6.07, 6.45) is 1.86. The Morgan fingerprint density at radius 1 is 1.20 bits per heavy atom. The lowest BCUT2D eigenvalue weighted by Crippen LogP contribution is -2.58. The van der Waals surface area contributed by atoms with E-state index in [-0.39, 0.29) is 11.1 Å². The molecule has 0 amide bonds. The number of benzene rings is 1. The lowest BCUT2D eigenvalue weighted by atomic mass is 9.73. The smallest absolute Gasteiger partial charge is 0.338 e. The molecule has 2 aliphatic heterocycles. The molecule has 1 aromatic carbocycles. The van der Waals surface area contributed by atoms with Crippen LogP contribution in [0.25, 0.3) is 0 Å². The highest BCUT2D eigenvalue weighted by molar-refractivity contribution is 5.89. The fraction of sp³-hybridized carbons (Fsp3) is 0.500. The van der Waals surface area contributed by atoms with Gasteiger partial charge in [0.1, 0.15) is 11.6 Å². The third-order valence-electron chi connectivity index (χ3n) is 4.21.